The summed E-state index contributed by atoms with van der Waals surface area (Å²) < 4.78 is 29.5. The standard InChI is InChI=1S/C28H35F2N7O/c1-17-8-22(35(5)34-17)12-23-13-31-18(2)14-36(23)15-26(38)37-16-28(3,4)27-25(37)11-21(32-33-27)9-19-6-7-20(29)10-24(19)30/h6-8,10-11,18,23,31H,9,12-16H2,1-5H3/t18-,23+/m1/s1. The van der Waals surface area contributed by atoms with Crippen LogP contribution in [0.1, 0.15) is 49.1 Å². The zero-order valence-corrected chi connectivity index (χ0v) is 22.6. The number of anilines is 1. The monoisotopic (exact) mass is 523 g/mol. The summed E-state index contributed by atoms with van der Waals surface area (Å²) in [7, 11) is 1.95. The fraction of sp³-hybridized carbons (Fsp3) is 0.500. The van der Waals surface area contributed by atoms with Crippen LogP contribution in [0.3, 0.4) is 0 Å². The van der Waals surface area contributed by atoms with Crippen molar-refractivity contribution < 1.29 is 13.6 Å². The lowest BCUT2D eigenvalue weighted by atomic mass is 9.91. The Morgan fingerprint density at radius 2 is 1.97 bits per heavy atom. The molecule has 0 bridgehead atoms. The van der Waals surface area contributed by atoms with Gasteiger partial charge in [0.05, 0.1) is 29.3 Å². The van der Waals surface area contributed by atoms with Crippen LogP contribution < -0.4 is 10.2 Å². The van der Waals surface area contributed by atoms with Gasteiger partial charge in [-0.15, -0.1) is 0 Å². The van der Waals surface area contributed by atoms with Crippen LogP contribution in [0.15, 0.2) is 30.3 Å². The highest BCUT2D eigenvalue weighted by molar-refractivity contribution is 5.97. The minimum Gasteiger partial charge on any atom is -0.311 e. The molecule has 1 amide bonds. The minimum absolute atomic E-state index is 0.00373. The second-order valence-corrected chi connectivity index (χ2v) is 11.3. The number of nitrogens with zero attached hydrogens (tertiary/aromatic N) is 6. The van der Waals surface area contributed by atoms with Gasteiger partial charge in [0.2, 0.25) is 5.91 Å². The Kier molecular flexibility index (Phi) is 7.04. The fourth-order valence-electron chi connectivity index (χ4n) is 5.62. The van der Waals surface area contributed by atoms with Crippen LogP contribution in [0.4, 0.5) is 14.5 Å². The van der Waals surface area contributed by atoms with Gasteiger partial charge in [-0.3, -0.25) is 14.4 Å². The van der Waals surface area contributed by atoms with E-state index < -0.39 is 11.6 Å². The quantitative estimate of drug-likeness (QED) is 0.535. The van der Waals surface area contributed by atoms with Crippen molar-refractivity contribution in [3.05, 3.63) is 70.3 Å². The molecule has 1 N–H and O–H groups in total. The molecule has 3 aromatic rings. The van der Waals surface area contributed by atoms with Crippen LogP contribution in [-0.4, -0.2) is 69.0 Å². The van der Waals surface area contributed by atoms with Gasteiger partial charge in [-0.25, -0.2) is 8.78 Å². The number of carbonyl (C=O) groups excluding carboxylic acids is 1. The first-order valence-electron chi connectivity index (χ1n) is 13.1. The second kappa shape index (κ2) is 10.1. The maximum absolute atomic E-state index is 14.3. The van der Waals surface area contributed by atoms with Gasteiger partial charge >= 0.3 is 0 Å². The number of aromatic nitrogens is 4. The van der Waals surface area contributed by atoms with E-state index in [1.165, 1.54) is 12.1 Å². The van der Waals surface area contributed by atoms with Crippen molar-refractivity contribution in [1.82, 2.24) is 30.2 Å². The van der Waals surface area contributed by atoms with Crippen LogP contribution in [-0.2, 0) is 30.1 Å². The van der Waals surface area contributed by atoms with E-state index in [9.17, 15) is 13.6 Å². The molecule has 10 heteroatoms. The predicted octanol–water partition coefficient (Wildman–Crippen LogP) is 2.92. The number of aryl methyl sites for hydroxylation is 2. The van der Waals surface area contributed by atoms with Gasteiger partial charge in [0.15, 0.2) is 0 Å². The summed E-state index contributed by atoms with van der Waals surface area (Å²) in [6.07, 6.45) is 0.960. The zero-order valence-electron chi connectivity index (χ0n) is 22.6. The first-order valence-corrected chi connectivity index (χ1v) is 13.1. The lowest BCUT2D eigenvalue weighted by Crippen LogP contribution is -2.58. The second-order valence-electron chi connectivity index (χ2n) is 11.3. The van der Waals surface area contributed by atoms with Crippen LogP contribution >= 0.6 is 0 Å². The van der Waals surface area contributed by atoms with Crippen molar-refractivity contribution in [3.63, 3.8) is 0 Å². The molecule has 0 saturated carbocycles. The summed E-state index contributed by atoms with van der Waals surface area (Å²) in [6.45, 7) is 10.6. The lowest BCUT2D eigenvalue weighted by Gasteiger charge is -2.39. The molecule has 0 aliphatic carbocycles. The van der Waals surface area contributed by atoms with Crippen molar-refractivity contribution in [3.8, 4) is 0 Å². The first kappa shape index (κ1) is 26.4. The average Bonchev–Trinajstić information content (AvgIpc) is 3.31. The summed E-state index contributed by atoms with van der Waals surface area (Å²) in [5.74, 6) is -1.24. The van der Waals surface area contributed by atoms with E-state index in [2.05, 4.69) is 38.5 Å². The smallest absolute Gasteiger partial charge is 0.241 e. The van der Waals surface area contributed by atoms with E-state index in [-0.39, 0.29) is 36.4 Å². The molecule has 1 saturated heterocycles. The lowest BCUT2D eigenvalue weighted by molar-refractivity contribution is -0.120. The van der Waals surface area contributed by atoms with Crippen molar-refractivity contribution in [2.45, 2.75) is 58.0 Å². The molecular weight excluding hydrogens is 488 g/mol. The number of benzene rings is 1. The number of piperazine rings is 1. The Morgan fingerprint density at radius 3 is 2.68 bits per heavy atom. The van der Waals surface area contributed by atoms with E-state index in [1.807, 2.05) is 38.6 Å². The van der Waals surface area contributed by atoms with E-state index in [4.69, 9.17) is 0 Å². The van der Waals surface area contributed by atoms with Gasteiger partial charge in [-0.2, -0.15) is 15.3 Å². The molecule has 0 radical (unpaired) electrons. The molecule has 2 atom stereocenters. The Bertz CT molecular complexity index is 1350. The highest BCUT2D eigenvalue weighted by atomic mass is 19.1. The molecule has 0 unspecified atom stereocenters. The summed E-state index contributed by atoms with van der Waals surface area (Å²) >= 11 is 0. The number of rotatable bonds is 6. The molecule has 38 heavy (non-hydrogen) atoms. The topological polar surface area (TPSA) is 79.2 Å². The Labute approximate surface area is 222 Å². The van der Waals surface area contributed by atoms with Crippen molar-refractivity contribution in [1.29, 1.82) is 0 Å². The number of carbonyl (C=O) groups is 1. The van der Waals surface area contributed by atoms with Crippen molar-refractivity contribution >= 4 is 11.6 Å². The average molecular weight is 524 g/mol. The van der Waals surface area contributed by atoms with Gasteiger partial charge in [0.1, 0.15) is 11.6 Å². The molecule has 2 aliphatic rings. The summed E-state index contributed by atoms with van der Waals surface area (Å²) in [6, 6.07) is 7.88. The van der Waals surface area contributed by atoms with Crippen molar-refractivity contribution in [2.75, 3.05) is 31.1 Å². The largest absolute Gasteiger partial charge is 0.311 e. The van der Waals surface area contributed by atoms with Crippen LogP contribution in [0.5, 0.6) is 0 Å². The van der Waals surface area contributed by atoms with E-state index in [0.29, 0.717) is 17.8 Å². The van der Waals surface area contributed by atoms with Crippen molar-refractivity contribution in [2.24, 2.45) is 7.05 Å². The molecule has 4 heterocycles. The summed E-state index contributed by atoms with van der Waals surface area (Å²) in [4.78, 5) is 17.9. The Morgan fingerprint density at radius 1 is 1.18 bits per heavy atom. The molecule has 2 aromatic heterocycles. The van der Waals surface area contributed by atoms with Crippen LogP contribution in [0.2, 0.25) is 0 Å². The van der Waals surface area contributed by atoms with E-state index in [1.54, 1.807) is 4.90 Å². The number of halogens is 2. The maximum atomic E-state index is 14.3. The number of amides is 1. The van der Waals surface area contributed by atoms with Gasteiger partial charge < -0.3 is 10.2 Å². The van der Waals surface area contributed by atoms with E-state index in [0.717, 1.165) is 48.3 Å². The molecule has 1 aromatic carbocycles. The third-order valence-corrected chi connectivity index (χ3v) is 7.61. The van der Waals surface area contributed by atoms with Gasteiger partial charge in [0.25, 0.3) is 0 Å². The molecular formula is C28H35F2N7O. The SMILES string of the molecule is Cc1cc(C[C@H]2CN[C@H](C)CN2CC(=O)N2CC(C)(C)c3nnc(Cc4ccc(F)cc4F)cc32)n(C)n1. The molecule has 0 spiro atoms. The van der Waals surface area contributed by atoms with Gasteiger partial charge in [-0.05, 0) is 37.6 Å². The first-order chi connectivity index (χ1) is 18.0. The highest BCUT2D eigenvalue weighted by Crippen LogP contribution is 2.39. The highest BCUT2D eigenvalue weighted by Gasteiger charge is 2.41. The molecule has 2 aliphatic heterocycles. The Balaban J connectivity index is 1.37. The molecule has 8 nitrogen and oxygen atoms in total. The summed E-state index contributed by atoms with van der Waals surface area (Å²) in [5.41, 5.74) is 4.10. The normalized spacial score (nSPS) is 21.1. The Hall–Kier alpha value is -3.24. The maximum Gasteiger partial charge on any atom is 0.241 e. The third-order valence-electron chi connectivity index (χ3n) is 7.61. The number of hydrogen-bond acceptors (Lipinski definition) is 6. The number of nitrogens with one attached hydrogen (secondary N) is 1. The van der Waals surface area contributed by atoms with Crippen LogP contribution in [0.25, 0.3) is 0 Å². The third kappa shape index (κ3) is 5.33. The van der Waals surface area contributed by atoms with Gasteiger partial charge in [0, 0.05) is 68.8 Å². The number of hydrogen-bond donors (Lipinski definition) is 1. The predicted molar refractivity (Wildman–Crippen MR) is 141 cm³/mol. The zero-order chi connectivity index (χ0) is 27.2. The van der Waals surface area contributed by atoms with Crippen LogP contribution in [0, 0.1) is 18.6 Å². The molecule has 5 rings (SSSR count). The minimum atomic E-state index is -0.622. The molecule has 202 valence electrons. The summed E-state index contributed by atoms with van der Waals surface area (Å²) in [5, 5.41) is 16.8. The number of fused-ring (bicyclic) bond motifs is 1. The fourth-order valence-corrected chi connectivity index (χ4v) is 5.62. The van der Waals surface area contributed by atoms with E-state index >= 15 is 0 Å². The molecule has 1 fully saturated rings. The van der Waals surface area contributed by atoms with Gasteiger partial charge in [-0.1, -0.05) is 19.9 Å².